The topological polar surface area (TPSA) is 93.1 Å². The maximum Gasteiger partial charge on any atom is 0.359 e. The molecule has 8 heteroatoms. The van der Waals surface area contributed by atoms with Crippen LogP contribution in [0.5, 0.6) is 5.75 Å². The fourth-order valence-corrected chi connectivity index (χ4v) is 5.14. The van der Waals surface area contributed by atoms with Crippen LogP contribution in [0.1, 0.15) is 36.0 Å². The molecule has 2 heterocycles. The van der Waals surface area contributed by atoms with Gasteiger partial charge in [0.2, 0.25) is 5.91 Å². The zero-order valence-corrected chi connectivity index (χ0v) is 15.9. The van der Waals surface area contributed by atoms with Gasteiger partial charge in [0.15, 0.2) is 9.84 Å². The van der Waals surface area contributed by atoms with Crippen molar-refractivity contribution >= 4 is 27.4 Å². The Labute approximate surface area is 152 Å². The molecule has 1 atom stereocenters. The van der Waals surface area contributed by atoms with Crippen LogP contribution in [0.2, 0.25) is 0 Å². The fourth-order valence-electron chi connectivity index (χ4n) is 3.45. The Hall–Kier alpha value is -2.22. The lowest BCUT2D eigenvalue weighted by Crippen LogP contribution is -2.42. The third-order valence-electron chi connectivity index (χ3n) is 4.65. The largest absolute Gasteiger partial charge is 0.421 e. The van der Waals surface area contributed by atoms with Crippen molar-refractivity contribution in [3.8, 4) is 5.75 Å². The van der Waals surface area contributed by atoms with E-state index in [1.165, 1.54) is 5.01 Å². The van der Waals surface area contributed by atoms with Gasteiger partial charge >= 0.3 is 5.97 Å². The maximum atomic E-state index is 12.5. The number of hydrogen-bond donors (Lipinski definition) is 0. The third kappa shape index (κ3) is 3.80. The van der Waals surface area contributed by atoms with Gasteiger partial charge in [0, 0.05) is 12.8 Å². The second-order valence-electron chi connectivity index (χ2n) is 6.96. The van der Waals surface area contributed by atoms with E-state index in [-0.39, 0.29) is 36.0 Å². The van der Waals surface area contributed by atoms with E-state index in [9.17, 15) is 18.0 Å². The first kappa shape index (κ1) is 18.6. The van der Waals surface area contributed by atoms with Crippen molar-refractivity contribution < 1.29 is 22.7 Å². The molecule has 0 spiro atoms. The average Bonchev–Trinajstić information content (AvgIpc) is 2.91. The van der Waals surface area contributed by atoms with Gasteiger partial charge in [-0.1, -0.05) is 17.7 Å². The van der Waals surface area contributed by atoms with Crippen molar-refractivity contribution in [2.75, 3.05) is 11.5 Å². The standard InChI is InChI=1S/C18H22N2O5S/c1-11-8-12(2)17(13(3)9-11)25-18(22)15-4-5-16(21)20(19-15)14-6-7-26(23,24)10-14/h8-9,14H,4-7,10H2,1-3H3. The van der Waals surface area contributed by atoms with E-state index < -0.39 is 21.8 Å². The Morgan fingerprint density at radius 1 is 1.19 bits per heavy atom. The van der Waals surface area contributed by atoms with Crippen LogP contribution in [-0.2, 0) is 19.4 Å². The van der Waals surface area contributed by atoms with Gasteiger partial charge in [0.1, 0.15) is 11.5 Å². The number of carbonyl (C=O) groups is 2. The van der Waals surface area contributed by atoms with Crippen molar-refractivity contribution in [1.29, 1.82) is 0 Å². The van der Waals surface area contributed by atoms with E-state index in [1.54, 1.807) is 0 Å². The summed E-state index contributed by atoms with van der Waals surface area (Å²) in [4.78, 5) is 24.7. The first-order chi connectivity index (χ1) is 12.2. The highest BCUT2D eigenvalue weighted by atomic mass is 32.2. The Balaban J connectivity index is 1.81. The van der Waals surface area contributed by atoms with E-state index >= 15 is 0 Å². The first-order valence-corrected chi connectivity index (χ1v) is 10.4. The van der Waals surface area contributed by atoms with E-state index in [4.69, 9.17) is 4.74 Å². The number of aryl methyl sites for hydroxylation is 3. The second kappa shape index (κ2) is 6.83. The van der Waals surface area contributed by atoms with Gasteiger partial charge in [-0.3, -0.25) is 4.79 Å². The summed E-state index contributed by atoms with van der Waals surface area (Å²) in [6, 6.07) is 3.35. The molecule has 3 rings (SSSR count). The molecule has 1 unspecified atom stereocenters. The molecule has 1 saturated heterocycles. The molecule has 0 radical (unpaired) electrons. The van der Waals surface area contributed by atoms with Gasteiger partial charge in [-0.25, -0.2) is 18.2 Å². The molecular weight excluding hydrogens is 356 g/mol. The molecule has 1 aromatic carbocycles. The van der Waals surface area contributed by atoms with Gasteiger partial charge in [-0.2, -0.15) is 5.10 Å². The number of esters is 1. The lowest BCUT2D eigenvalue weighted by molar-refractivity contribution is -0.134. The third-order valence-corrected chi connectivity index (χ3v) is 6.40. The summed E-state index contributed by atoms with van der Waals surface area (Å²) in [7, 11) is -3.15. The second-order valence-corrected chi connectivity index (χ2v) is 9.19. The van der Waals surface area contributed by atoms with E-state index in [1.807, 2.05) is 32.9 Å². The number of carbonyl (C=O) groups excluding carboxylic acids is 2. The van der Waals surface area contributed by atoms with Gasteiger partial charge in [0.25, 0.3) is 0 Å². The normalized spacial score (nSPS) is 22.3. The summed E-state index contributed by atoms with van der Waals surface area (Å²) in [5.74, 6) is -0.431. The molecule has 0 N–H and O–H groups in total. The number of ether oxygens (including phenoxy) is 1. The molecule has 26 heavy (non-hydrogen) atoms. The van der Waals surface area contributed by atoms with E-state index in [0.717, 1.165) is 16.7 Å². The first-order valence-electron chi connectivity index (χ1n) is 8.56. The summed E-state index contributed by atoms with van der Waals surface area (Å²) in [5, 5.41) is 5.31. The van der Waals surface area contributed by atoms with Crippen molar-refractivity contribution in [1.82, 2.24) is 5.01 Å². The van der Waals surface area contributed by atoms with Crippen LogP contribution in [0.4, 0.5) is 0 Å². The lowest BCUT2D eigenvalue weighted by Gasteiger charge is -2.27. The molecular formula is C18H22N2O5S. The highest BCUT2D eigenvalue weighted by Gasteiger charge is 2.37. The number of nitrogens with zero attached hydrogens (tertiary/aromatic N) is 2. The summed E-state index contributed by atoms with van der Waals surface area (Å²) >= 11 is 0. The van der Waals surface area contributed by atoms with Crippen LogP contribution in [0.25, 0.3) is 0 Å². The Kier molecular flexibility index (Phi) is 4.88. The van der Waals surface area contributed by atoms with Crippen LogP contribution in [0, 0.1) is 20.8 Å². The molecule has 7 nitrogen and oxygen atoms in total. The average molecular weight is 378 g/mol. The lowest BCUT2D eigenvalue weighted by atomic mass is 10.1. The number of rotatable bonds is 3. The zero-order chi connectivity index (χ0) is 19.1. The SMILES string of the molecule is Cc1cc(C)c(OC(=O)C2=NN(C3CCS(=O)(=O)C3)C(=O)CC2)c(C)c1. The summed E-state index contributed by atoms with van der Waals surface area (Å²) in [5.41, 5.74) is 2.92. The number of hydrogen-bond acceptors (Lipinski definition) is 6. The number of hydrazone groups is 1. The molecule has 0 aliphatic carbocycles. The van der Waals surface area contributed by atoms with Gasteiger partial charge in [-0.15, -0.1) is 0 Å². The Morgan fingerprint density at radius 3 is 2.42 bits per heavy atom. The van der Waals surface area contributed by atoms with Gasteiger partial charge in [0.05, 0.1) is 17.5 Å². The highest BCUT2D eigenvalue weighted by Crippen LogP contribution is 2.26. The van der Waals surface area contributed by atoms with Crippen LogP contribution < -0.4 is 4.74 Å². The molecule has 1 aromatic rings. The minimum Gasteiger partial charge on any atom is -0.421 e. The van der Waals surface area contributed by atoms with Gasteiger partial charge < -0.3 is 4.74 Å². The quantitative estimate of drug-likeness (QED) is 0.589. The van der Waals surface area contributed by atoms with Crippen LogP contribution >= 0.6 is 0 Å². The highest BCUT2D eigenvalue weighted by molar-refractivity contribution is 7.91. The van der Waals surface area contributed by atoms with Crippen molar-refractivity contribution in [3.63, 3.8) is 0 Å². The molecule has 1 fully saturated rings. The van der Waals surface area contributed by atoms with Gasteiger partial charge in [-0.05, 0) is 38.3 Å². The van der Waals surface area contributed by atoms with Crippen LogP contribution in [-0.4, -0.2) is 48.6 Å². The van der Waals surface area contributed by atoms with Crippen LogP contribution in [0.15, 0.2) is 17.2 Å². The number of sulfone groups is 1. The minimum atomic E-state index is -3.15. The smallest absolute Gasteiger partial charge is 0.359 e. The molecule has 2 aliphatic rings. The summed E-state index contributed by atoms with van der Waals surface area (Å²) in [6.07, 6.45) is 0.657. The Morgan fingerprint density at radius 2 is 1.85 bits per heavy atom. The predicted octanol–water partition coefficient (Wildman–Crippen LogP) is 1.68. The number of amides is 1. The molecule has 2 aliphatic heterocycles. The zero-order valence-electron chi connectivity index (χ0n) is 15.1. The Bertz CT molecular complexity index is 881. The van der Waals surface area contributed by atoms with E-state index in [2.05, 4.69) is 5.10 Å². The van der Waals surface area contributed by atoms with Crippen LogP contribution in [0.3, 0.4) is 0 Å². The number of benzene rings is 1. The summed E-state index contributed by atoms with van der Waals surface area (Å²) < 4.78 is 28.9. The monoisotopic (exact) mass is 378 g/mol. The van der Waals surface area contributed by atoms with E-state index in [0.29, 0.717) is 12.2 Å². The summed E-state index contributed by atoms with van der Waals surface area (Å²) in [6.45, 7) is 5.70. The predicted molar refractivity (Wildman–Crippen MR) is 96.9 cm³/mol. The van der Waals surface area contributed by atoms with Crippen molar-refractivity contribution in [2.24, 2.45) is 5.10 Å². The maximum absolute atomic E-state index is 12.5. The minimum absolute atomic E-state index is 0.0402. The molecule has 0 bridgehead atoms. The van der Waals surface area contributed by atoms with Crippen molar-refractivity contribution in [2.45, 2.75) is 46.1 Å². The fraction of sp³-hybridized carbons (Fsp3) is 0.500. The van der Waals surface area contributed by atoms with Crippen molar-refractivity contribution in [3.05, 3.63) is 28.8 Å². The molecule has 140 valence electrons. The molecule has 0 aromatic heterocycles. The molecule has 1 amide bonds. The molecule has 0 saturated carbocycles.